The summed E-state index contributed by atoms with van der Waals surface area (Å²) in [4.78, 5) is 36.8. The van der Waals surface area contributed by atoms with Gasteiger partial charge in [0.05, 0.1) is 0 Å². The quantitative estimate of drug-likeness (QED) is 0.826. The number of carboxylic acid groups (broad SMARTS) is 1. The fraction of sp³-hybridized carbons (Fsp3) is 0.471. The predicted octanol–water partition coefficient (Wildman–Crippen LogP) is 1.74. The van der Waals surface area contributed by atoms with Crippen molar-refractivity contribution in [1.29, 1.82) is 0 Å². The standard InChI is InChI=1S/C17H22N2O5/c1-11(2)19(10-15(20)21)17(23)12-5-3-6-13(9-12)18-16(22)14-7-4-8-24-14/h3,5-6,9,11,14H,4,7-8,10H2,1-2H3,(H,18,22)(H,20,21). The summed E-state index contributed by atoms with van der Waals surface area (Å²) in [6, 6.07) is 6.23. The summed E-state index contributed by atoms with van der Waals surface area (Å²) >= 11 is 0. The molecule has 1 saturated heterocycles. The van der Waals surface area contributed by atoms with Crippen LogP contribution in [0.3, 0.4) is 0 Å². The molecule has 7 heteroatoms. The molecule has 1 unspecified atom stereocenters. The summed E-state index contributed by atoms with van der Waals surface area (Å²) in [5, 5.41) is 11.7. The smallest absolute Gasteiger partial charge is 0.323 e. The third-order valence-electron chi connectivity index (χ3n) is 3.79. The molecule has 0 aromatic heterocycles. The van der Waals surface area contributed by atoms with Crippen molar-refractivity contribution < 1.29 is 24.2 Å². The molecule has 1 fully saturated rings. The van der Waals surface area contributed by atoms with Gasteiger partial charge in [0.25, 0.3) is 11.8 Å². The number of nitrogens with one attached hydrogen (secondary N) is 1. The molecule has 2 rings (SSSR count). The number of carbonyl (C=O) groups is 3. The van der Waals surface area contributed by atoms with E-state index in [-0.39, 0.29) is 24.4 Å². The summed E-state index contributed by atoms with van der Waals surface area (Å²) in [6.45, 7) is 3.71. The van der Waals surface area contributed by atoms with Crippen molar-refractivity contribution in [3.63, 3.8) is 0 Å². The van der Waals surface area contributed by atoms with E-state index in [2.05, 4.69) is 5.32 Å². The fourth-order valence-electron chi connectivity index (χ4n) is 2.54. The van der Waals surface area contributed by atoms with Crippen LogP contribution in [0.25, 0.3) is 0 Å². The van der Waals surface area contributed by atoms with Crippen LogP contribution >= 0.6 is 0 Å². The molecule has 7 nitrogen and oxygen atoms in total. The van der Waals surface area contributed by atoms with E-state index in [1.165, 1.54) is 4.90 Å². The van der Waals surface area contributed by atoms with Gasteiger partial charge in [-0.1, -0.05) is 6.07 Å². The highest BCUT2D eigenvalue weighted by atomic mass is 16.5. The Balaban J connectivity index is 2.11. The van der Waals surface area contributed by atoms with Crippen molar-refractivity contribution in [2.75, 3.05) is 18.5 Å². The minimum Gasteiger partial charge on any atom is -0.480 e. The highest BCUT2D eigenvalue weighted by Crippen LogP contribution is 2.17. The molecule has 2 N–H and O–H groups in total. The molecule has 1 heterocycles. The lowest BCUT2D eigenvalue weighted by Gasteiger charge is -2.25. The number of nitrogens with zero attached hydrogens (tertiary/aromatic N) is 1. The molecule has 1 atom stereocenters. The summed E-state index contributed by atoms with van der Waals surface area (Å²) in [6.07, 6.45) is 1.09. The zero-order chi connectivity index (χ0) is 17.7. The van der Waals surface area contributed by atoms with E-state index < -0.39 is 12.1 Å². The molecule has 1 aromatic rings. The molecule has 0 bridgehead atoms. The molecule has 24 heavy (non-hydrogen) atoms. The maximum absolute atomic E-state index is 12.5. The number of amides is 2. The number of rotatable bonds is 6. The van der Waals surface area contributed by atoms with Crippen LogP contribution in [0.1, 0.15) is 37.0 Å². The number of carbonyl (C=O) groups excluding carboxylic acids is 2. The van der Waals surface area contributed by atoms with Crippen molar-refractivity contribution in [3.8, 4) is 0 Å². The number of anilines is 1. The second kappa shape index (κ2) is 7.92. The molecule has 0 saturated carbocycles. The van der Waals surface area contributed by atoms with Gasteiger partial charge in [-0.15, -0.1) is 0 Å². The predicted molar refractivity (Wildman–Crippen MR) is 87.9 cm³/mol. The molecule has 1 aromatic carbocycles. The lowest BCUT2D eigenvalue weighted by atomic mass is 10.1. The highest BCUT2D eigenvalue weighted by Gasteiger charge is 2.24. The van der Waals surface area contributed by atoms with E-state index in [9.17, 15) is 14.4 Å². The van der Waals surface area contributed by atoms with Crippen LogP contribution in [0.5, 0.6) is 0 Å². The monoisotopic (exact) mass is 334 g/mol. The van der Waals surface area contributed by atoms with Gasteiger partial charge < -0.3 is 20.1 Å². The van der Waals surface area contributed by atoms with Gasteiger partial charge in [-0.3, -0.25) is 14.4 Å². The second-order valence-corrected chi connectivity index (χ2v) is 5.99. The first kappa shape index (κ1) is 17.9. The third-order valence-corrected chi connectivity index (χ3v) is 3.79. The molecule has 0 aliphatic carbocycles. The van der Waals surface area contributed by atoms with Gasteiger partial charge >= 0.3 is 5.97 Å². The number of carboxylic acids is 1. The van der Waals surface area contributed by atoms with Gasteiger partial charge in [0.1, 0.15) is 12.6 Å². The second-order valence-electron chi connectivity index (χ2n) is 5.99. The first-order chi connectivity index (χ1) is 11.4. The van der Waals surface area contributed by atoms with Crippen LogP contribution in [0.4, 0.5) is 5.69 Å². The average Bonchev–Trinajstić information content (AvgIpc) is 3.06. The van der Waals surface area contributed by atoms with E-state index >= 15 is 0 Å². The Morgan fingerprint density at radius 1 is 1.38 bits per heavy atom. The largest absolute Gasteiger partial charge is 0.480 e. The van der Waals surface area contributed by atoms with Crippen LogP contribution in [0.2, 0.25) is 0 Å². The average molecular weight is 334 g/mol. The highest BCUT2D eigenvalue weighted by molar-refractivity contribution is 5.99. The summed E-state index contributed by atoms with van der Waals surface area (Å²) in [7, 11) is 0. The molecular formula is C17H22N2O5. The summed E-state index contributed by atoms with van der Waals surface area (Å²) < 4.78 is 5.33. The maximum atomic E-state index is 12.5. The van der Waals surface area contributed by atoms with Gasteiger partial charge in [0.15, 0.2) is 0 Å². The Labute approximate surface area is 140 Å². The van der Waals surface area contributed by atoms with Crippen LogP contribution in [0, 0.1) is 0 Å². The molecular weight excluding hydrogens is 312 g/mol. The Hall–Kier alpha value is -2.41. The van der Waals surface area contributed by atoms with Gasteiger partial charge in [-0.2, -0.15) is 0 Å². The minimum atomic E-state index is -1.07. The minimum absolute atomic E-state index is 0.233. The van der Waals surface area contributed by atoms with E-state index in [4.69, 9.17) is 9.84 Å². The fourth-order valence-corrected chi connectivity index (χ4v) is 2.54. The van der Waals surface area contributed by atoms with Gasteiger partial charge in [0.2, 0.25) is 0 Å². The third kappa shape index (κ3) is 4.55. The molecule has 1 aliphatic heterocycles. The number of ether oxygens (including phenoxy) is 1. The Bertz CT molecular complexity index is 623. The van der Waals surface area contributed by atoms with Gasteiger partial charge in [-0.05, 0) is 44.9 Å². The van der Waals surface area contributed by atoms with E-state index in [0.717, 1.165) is 6.42 Å². The van der Waals surface area contributed by atoms with Crippen molar-refractivity contribution in [3.05, 3.63) is 29.8 Å². The number of aliphatic carboxylic acids is 1. The number of hydrogen-bond donors (Lipinski definition) is 2. The van der Waals surface area contributed by atoms with Crippen molar-refractivity contribution in [2.45, 2.75) is 38.8 Å². The van der Waals surface area contributed by atoms with Crippen molar-refractivity contribution in [2.24, 2.45) is 0 Å². The lowest BCUT2D eigenvalue weighted by molar-refractivity contribution is -0.138. The van der Waals surface area contributed by atoms with Crippen LogP contribution in [-0.2, 0) is 14.3 Å². The normalized spacial score (nSPS) is 16.9. The maximum Gasteiger partial charge on any atom is 0.323 e. The Morgan fingerprint density at radius 3 is 2.71 bits per heavy atom. The Kier molecular flexibility index (Phi) is 5.92. The number of benzene rings is 1. The van der Waals surface area contributed by atoms with Crippen molar-refractivity contribution >= 4 is 23.5 Å². The first-order valence-corrected chi connectivity index (χ1v) is 7.93. The van der Waals surface area contributed by atoms with E-state index in [1.807, 2.05) is 0 Å². The lowest BCUT2D eigenvalue weighted by Crippen LogP contribution is -2.40. The molecule has 2 amide bonds. The SMILES string of the molecule is CC(C)N(CC(=O)O)C(=O)c1cccc(NC(=O)C2CCCO2)c1. The molecule has 130 valence electrons. The summed E-state index contributed by atoms with van der Waals surface area (Å²) in [5.74, 6) is -1.69. The topological polar surface area (TPSA) is 95.9 Å². The van der Waals surface area contributed by atoms with Crippen LogP contribution in [-0.4, -0.2) is 53.1 Å². The molecule has 0 radical (unpaired) electrons. The van der Waals surface area contributed by atoms with Gasteiger partial charge in [-0.25, -0.2) is 0 Å². The van der Waals surface area contributed by atoms with Crippen molar-refractivity contribution in [1.82, 2.24) is 4.90 Å². The van der Waals surface area contributed by atoms with Crippen LogP contribution < -0.4 is 5.32 Å². The molecule has 0 spiro atoms. The van der Waals surface area contributed by atoms with E-state index in [0.29, 0.717) is 24.3 Å². The zero-order valence-electron chi connectivity index (χ0n) is 13.8. The number of hydrogen-bond acceptors (Lipinski definition) is 4. The Morgan fingerprint density at radius 2 is 2.12 bits per heavy atom. The van der Waals surface area contributed by atoms with E-state index in [1.54, 1.807) is 38.1 Å². The van der Waals surface area contributed by atoms with Crippen LogP contribution in [0.15, 0.2) is 24.3 Å². The zero-order valence-corrected chi connectivity index (χ0v) is 13.8. The van der Waals surface area contributed by atoms with Gasteiger partial charge in [0, 0.05) is 23.9 Å². The summed E-state index contributed by atoms with van der Waals surface area (Å²) in [5.41, 5.74) is 0.815. The molecule has 1 aliphatic rings. The first-order valence-electron chi connectivity index (χ1n) is 7.93.